The molecule has 3 N–H and O–H groups in total. The van der Waals surface area contributed by atoms with Gasteiger partial charge in [-0.2, -0.15) is 0 Å². The molecule has 7 nitrogen and oxygen atoms in total. The Hall–Kier alpha value is -3.23. The molecule has 2 aromatic carbocycles. The Morgan fingerprint density at radius 2 is 1.74 bits per heavy atom. The van der Waals surface area contributed by atoms with Gasteiger partial charge in [-0.15, -0.1) is 0 Å². The summed E-state index contributed by atoms with van der Waals surface area (Å²) in [4.78, 5) is 19.0. The van der Waals surface area contributed by atoms with E-state index in [1.54, 1.807) is 42.6 Å². The number of amides is 1. The van der Waals surface area contributed by atoms with Gasteiger partial charge in [-0.1, -0.05) is 24.3 Å². The molecule has 0 radical (unpaired) electrons. The maximum atomic E-state index is 12.5. The van der Waals surface area contributed by atoms with E-state index in [1.165, 1.54) is 6.26 Å². The number of benzene rings is 2. The van der Waals surface area contributed by atoms with Gasteiger partial charge < -0.3 is 16.0 Å². The van der Waals surface area contributed by atoms with Crippen LogP contribution < -0.4 is 11.1 Å². The minimum atomic E-state index is -3.35. The molecule has 1 heterocycles. The first-order valence-electron chi connectivity index (χ1n) is 9.74. The van der Waals surface area contributed by atoms with Crippen LogP contribution in [0.2, 0.25) is 0 Å². The molecule has 0 atom stereocenters. The summed E-state index contributed by atoms with van der Waals surface area (Å²) in [6, 6.07) is 15.7. The number of nitrogen functional groups attached to an aromatic ring is 1. The number of nitrogens with one attached hydrogen (secondary N) is 1. The number of pyridine rings is 1. The number of nitrogens with zero attached hydrogens (tertiary/aromatic N) is 2. The summed E-state index contributed by atoms with van der Waals surface area (Å²) >= 11 is 0. The molecule has 0 saturated carbocycles. The summed E-state index contributed by atoms with van der Waals surface area (Å²) in [7, 11) is 0.552. The molecule has 0 aliphatic heterocycles. The third kappa shape index (κ3) is 5.68. The van der Waals surface area contributed by atoms with Gasteiger partial charge in [-0.3, -0.25) is 4.79 Å². The Labute approximate surface area is 182 Å². The molecule has 1 aromatic heterocycles. The molecular formula is C23H26N4O3S. The van der Waals surface area contributed by atoms with Gasteiger partial charge in [-0.25, -0.2) is 13.4 Å². The highest BCUT2D eigenvalue weighted by atomic mass is 32.2. The lowest BCUT2D eigenvalue weighted by Gasteiger charge is -2.12. The maximum Gasteiger partial charge on any atom is 0.251 e. The number of likely N-dealkylation sites (N-methyl/N-ethyl adjacent to an activating group) is 1. The quantitative estimate of drug-likeness (QED) is 0.588. The SMILES string of the molecule is CN(C)CCNC(=O)c1cccc(-c2cnc(N)c(-c3cccc(S(C)(=O)=O)c3)c2)c1. The predicted octanol–water partition coefficient (Wildman–Crippen LogP) is 2.69. The second-order valence-electron chi connectivity index (χ2n) is 7.60. The predicted molar refractivity (Wildman–Crippen MR) is 124 cm³/mol. The fourth-order valence-corrected chi connectivity index (χ4v) is 3.76. The van der Waals surface area contributed by atoms with E-state index in [9.17, 15) is 13.2 Å². The molecule has 0 aliphatic carbocycles. The highest BCUT2D eigenvalue weighted by Gasteiger charge is 2.13. The van der Waals surface area contributed by atoms with E-state index in [2.05, 4.69) is 10.3 Å². The van der Waals surface area contributed by atoms with Crippen LogP contribution in [0.25, 0.3) is 22.3 Å². The topological polar surface area (TPSA) is 105 Å². The average molecular weight is 439 g/mol. The Balaban J connectivity index is 1.93. The van der Waals surface area contributed by atoms with Crippen molar-refractivity contribution in [2.45, 2.75) is 4.90 Å². The zero-order chi connectivity index (χ0) is 22.6. The van der Waals surface area contributed by atoms with Crippen LogP contribution in [0.3, 0.4) is 0 Å². The van der Waals surface area contributed by atoms with Crippen molar-refractivity contribution in [3.8, 4) is 22.3 Å². The number of anilines is 1. The van der Waals surface area contributed by atoms with Gasteiger partial charge in [0.2, 0.25) is 0 Å². The van der Waals surface area contributed by atoms with E-state index in [1.807, 2.05) is 37.2 Å². The van der Waals surface area contributed by atoms with Gasteiger partial charge in [0, 0.05) is 42.2 Å². The van der Waals surface area contributed by atoms with Crippen LogP contribution in [0, 0.1) is 0 Å². The molecule has 162 valence electrons. The van der Waals surface area contributed by atoms with Gasteiger partial charge in [-0.05, 0) is 55.6 Å². The Kier molecular flexibility index (Phi) is 6.72. The second-order valence-corrected chi connectivity index (χ2v) is 9.61. The van der Waals surface area contributed by atoms with Crippen LogP contribution >= 0.6 is 0 Å². The molecule has 1 amide bonds. The molecule has 3 rings (SSSR count). The summed E-state index contributed by atoms with van der Waals surface area (Å²) in [5, 5.41) is 2.90. The molecule has 0 fully saturated rings. The number of carbonyl (C=O) groups excluding carboxylic acids is 1. The standard InChI is InChI=1S/C23H26N4O3S/c1-27(2)11-10-25-23(28)18-8-4-6-16(12-18)19-14-21(22(24)26-15-19)17-7-5-9-20(13-17)31(3,29)30/h4-9,12-15H,10-11H2,1-3H3,(H2,24,26)(H,25,28). The van der Waals surface area contributed by atoms with Gasteiger partial charge >= 0.3 is 0 Å². The summed E-state index contributed by atoms with van der Waals surface area (Å²) in [6.07, 6.45) is 2.81. The molecule has 31 heavy (non-hydrogen) atoms. The van der Waals surface area contributed by atoms with Crippen molar-refractivity contribution in [2.75, 3.05) is 39.2 Å². The molecule has 8 heteroatoms. The molecular weight excluding hydrogens is 412 g/mol. The fraction of sp³-hybridized carbons (Fsp3) is 0.217. The summed E-state index contributed by atoms with van der Waals surface area (Å²) < 4.78 is 23.8. The van der Waals surface area contributed by atoms with Crippen LogP contribution in [0.15, 0.2) is 65.7 Å². The summed E-state index contributed by atoms with van der Waals surface area (Å²) in [6.45, 7) is 1.31. The molecule has 0 spiro atoms. The highest BCUT2D eigenvalue weighted by molar-refractivity contribution is 7.90. The van der Waals surface area contributed by atoms with Gasteiger partial charge in [0.25, 0.3) is 5.91 Å². The zero-order valence-corrected chi connectivity index (χ0v) is 18.6. The molecule has 0 unspecified atom stereocenters. The van der Waals surface area contributed by atoms with E-state index < -0.39 is 9.84 Å². The second kappa shape index (κ2) is 9.28. The Bertz CT molecular complexity index is 1210. The monoisotopic (exact) mass is 438 g/mol. The summed E-state index contributed by atoms with van der Waals surface area (Å²) in [5.41, 5.74) is 9.51. The van der Waals surface area contributed by atoms with Gasteiger partial charge in [0.05, 0.1) is 4.90 Å². The molecule has 0 saturated heterocycles. The Morgan fingerprint density at radius 1 is 1.03 bits per heavy atom. The van der Waals surface area contributed by atoms with Crippen molar-refractivity contribution in [3.63, 3.8) is 0 Å². The lowest BCUT2D eigenvalue weighted by molar-refractivity contribution is 0.0951. The first-order valence-corrected chi connectivity index (χ1v) is 11.6. The number of nitrogens with two attached hydrogens (primary N) is 1. The zero-order valence-electron chi connectivity index (χ0n) is 17.8. The van der Waals surface area contributed by atoms with E-state index in [4.69, 9.17) is 5.73 Å². The normalized spacial score (nSPS) is 11.5. The van der Waals surface area contributed by atoms with Gasteiger partial charge in [0.15, 0.2) is 9.84 Å². The van der Waals surface area contributed by atoms with E-state index >= 15 is 0 Å². The number of rotatable bonds is 7. The molecule has 0 aliphatic rings. The largest absolute Gasteiger partial charge is 0.383 e. The number of hydrogen-bond acceptors (Lipinski definition) is 6. The van der Waals surface area contributed by atoms with Crippen LogP contribution in [0.1, 0.15) is 10.4 Å². The minimum Gasteiger partial charge on any atom is -0.383 e. The van der Waals surface area contributed by atoms with Crippen molar-refractivity contribution in [2.24, 2.45) is 0 Å². The highest BCUT2D eigenvalue weighted by Crippen LogP contribution is 2.31. The maximum absolute atomic E-state index is 12.5. The minimum absolute atomic E-state index is 0.145. The summed E-state index contributed by atoms with van der Waals surface area (Å²) in [5.74, 6) is 0.153. The van der Waals surface area contributed by atoms with E-state index in [0.29, 0.717) is 29.1 Å². The average Bonchev–Trinajstić information content (AvgIpc) is 2.73. The number of hydrogen-bond donors (Lipinski definition) is 2. The lowest BCUT2D eigenvalue weighted by Crippen LogP contribution is -2.31. The number of aromatic nitrogens is 1. The van der Waals surface area contributed by atoms with E-state index in [-0.39, 0.29) is 10.8 Å². The van der Waals surface area contributed by atoms with Crippen molar-refractivity contribution < 1.29 is 13.2 Å². The first kappa shape index (κ1) is 22.5. The fourth-order valence-electron chi connectivity index (χ4n) is 3.09. The van der Waals surface area contributed by atoms with Crippen LogP contribution in [-0.4, -0.2) is 57.6 Å². The number of sulfone groups is 1. The molecule has 0 bridgehead atoms. The van der Waals surface area contributed by atoms with E-state index in [0.717, 1.165) is 17.7 Å². The third-order valence-corrected chi connectivity index (χ3v) is 5.90. The van der Waals surface area contributed by atoms with Crippen LogP contribution in [0.5, 0.6) is 0 Å². The van der Waals surface area contributed by atoms with Crippen molar-refractivity contribution in [1.29, 1.82) is 0 Å². The van der Waals surface area contributed by atoms with Gasteiger partial charge in [0.1, 0.15) is 5.82 Å². The Morgan fingerprint density at radius 3 is 2.45 bits per heavy atom. The van der Waals surface area contributed by atoms with Crippen LogP contribution in [0.4, 0.5) is 5.82 Å². The lowest BCUT2D eigenvalue weighted by atomic mass is 9.99. The van der Waals surface area contributed by atoms with Crippen molar-refractivity contribution in [1.82, 2.24) is 15.2 Å². The van der Waals surface area contributed by atoms with Crippen molar-refractivity contribution in [3.05, 3.63) is 66.4 Å². The van der Waals surface area contributed by atoms with Crippen molar-refractivity contribution >= 4 is 21.6 Å². The number of carbonyl (C=O) groups is 1. The smallest absolute Gasteiger partial charge is 0.251 e. The van der Waals surface area contributed by atoms with Crippen LogP contribution in [-0.2, 0) is 9.84 Å². The third-order valence-electron chi connectivity index (χ3n) is 4.79. The molecule has 3 aromatic rings. The first-order chi connectivity index (χ1) is 14.6.